The van der Waals surface area contributed by atoms with Crippen LogP contribution in [0, 0.1) is 17.3 Å². The fourth-order valence-electron chi connectivity index (χ4n) is 2.58. The van der Waals surface area contributed by atoms with Gasteiger partial charge in [-0.05, 0) is 29.8 Å². The molecule has 1 heterocycles. The van der Waals surface area contributed by atoms with E-state index in [0.717, 1.165) is 18.2 Å². The van der Waals surface area contributed by atoms with Crippen LogP contribution in [0.5, 0.6) is 5.75 Å². The van der Waals surface area contributed by atoms with Crippen molar-refractivity contribution in [1.82, 2.24) is 10.3 Å². The molecule has 1 N–H and O–H groups in total. The first kappa shape index (κ1) is 21.7. The fourth-order valence-corrected chi connectivity index (χ4v) is 2.87. The molecule has 0 amide bonds. The van der Waals surface area contributed by atoms with E-state index in [1.165, 1.54) is 5.01 Å². The van der Waals surface area contributed by atoms with Crippen molar-refractivity contribution in [3.05, 3.63) is 57.8 Å². The Morgan fingerprint density at radius 1 is 1.20 bits per heavy atom. The largest absolute Gasteiger partial charge is 0.573 e. The van der Waals surface area contributed by atoms with Gasteiger partial charge in [0.15, 0.2) is 17.8 Å². The van der Waals surface area contributed by atoms with Gasteiger partial charge in [0, 0.05) is 12.5 Å². The SMILES string of the molecule is N#CNC(=Nc1ccc(F)c(OC(F)(F)F)c1)N1CCC(c2ccc(Cl)c(Cl)c2)=N1. The van der Waals surface area contributed by atoms with Gasteiger partial charge in [-0.3, -0.25) is 5.32 Å². The molecule has 3 rings (SSSR count). The summed E-state index contributed by atoms with van der Waals surface area (Å²) >= 11 is 11.9. The van der Waals surface area contributed by atoms with Crippen LogP contribution in [-0.2, 0) is 0 Å². The molecule has 0 aliphatic carbocycles. The number of nitrogens with one attached hydrogen (secondary N) is 1. The van der Waals surface area contributed by atoms with Gasteiger partial charge < -0.3 is 4.74 Å². The smallest absolute Gasteiger partial charge is 0.403 e. The minimum atomic E-state index is -5.06. The molecule has 156 valence electrons. The molecular weight excluding hydrogens is 449 g/mol. The first-order chi connectivity index (χ1) is 14.2. The second-order valence-electron chi connectivity index (χ2n) is 5.88. The van der Waals surface area contributed by atoms with Crippen LogP contribution < -0.4 is 10.1 Å². The van der Waals surface area contributed by atoms with E-state index in [4.69, 9.17) is 28.5 Å². The van der Waals surface area contributed by atoms with Gasteiger partial charge in [-0.2, -0.15) is 10.4 Å². The number of hydrogen-bond acceptors (Lipinski definition) is 4. The maximum absolute atomic E-state index is 13.6. The quantitative estimate of drug-likeness (QED) is 0.225. The van der Waals surface area contributed by atoms with Gasteiger partial charge >= 0.3 is 6.36 Å². The molecule has 1 aliphatic rings. The van der Waals surface area contributed by atoms with Crippen LogP contribution in [-0.4, -0.2) is 29.6 Å². The highest BCUT2D eigenvalue weighted by Crippen LogP contribution is 2.30. The number of nitrogens with zero attached hydrogens (tertiary/aromatic N) is 4. The van der Waals surface area contributed by atoms with E-state index in [9.17, 15) is 17.6 Å². The lowest BCUT2D eigenvalue weighted by atomic mass is 10.1. The number of alkyl halides is 3. The van der Waals surface area contributed by atoms with Gasteiger partial charge in [-0.25, -0.2) is 14.4 Å². The summed E-state index contributed by atoms with van der Waals surface area (Å²) < 4.78 is 54.5. The summed E-state index contributed by atoms with van der Waals surface area (Å²) in [5.74, 6) is -2.30. The maximum Gasteiger partial charge on any atom is 0.573 e. The Bertz CT molecular complexity index is 1070. The predicted molar refractivity (Wildman–Crippen MR) is 103 cm³/mol. The van der Waals surface area contributed by atoms with Gasteiger partial charge in [-0.15, -0.1) is 13.2 Å². The minimum Gasteiger partial charge on any atom is -0.403 e. The summed E-state index contributed by atoms with van der Waals surface area (Å²) in [5, 5.41) is 17.8. The van der Waals surface area contributed by atoms with E-state index in [-0.39, 0.29) is 11.6 Å². The summed E-state index contributed by atoms with van der Waals surface area (Å²) in [4.78, 5) is 4.06. The zero-order valence-electron chi connectivity index (χ0n) is 14.8. The van der Waals surface area contributed by atoms with Crippen molar-refractivity contribution in [2.45, 2.75) is 12.8 Å². The number of halogens is 6. The van der Waals surface area contributed by atoms with Gasteiger partial charge in [-0.1, -0.05) is 29.3 Å². The van der Waals surface area contributed by atoms with Crippen molar-refractivity contribution in [3.8, 4) is 11.9 Å². The molecule has 0 spiro atoms. The molecule has 1 aliphatic heterocycles. The number of hydrogen-bond donors (Lipinski definition) is 1. The predicted octanol–water partition coefficient (Wildman–Crippen LogP) is 5.20. The molecule has 0 aromatic heterocycles. The molecule has 0 atom stereocenters. The monoisotopic (exact) mass is 459 g/mol. The highest BCUT2D eigenvalue weighted by atomic mass is 35.5. The summed E-state index contributed by atoms with van der Waals surface area (Å²) in [6.45, 7) is 0.330. The van der Waals surface area contributed by atoms with Crippen molar-refractivity contribution in [2.24, 2.45) is 10.1 Å². The van der Waals surface area contributed by atoms with Crippen LogP contribution >= 0.6 is 23.2 Å². The van der Waals surface area contributed by atoms with Crippen molar-refractivity contribution in [2.75, 3.05) is 6.54 Å². The van der Waals surface area contributed by atoms with Gasteiger partial charge in [0.1, 0.15) is 0 Å². The molecule has 12 heteroatoms. The third-order valence-corrected chi connectivity index (χ3v) is 4.58. The molecule has 30 heavy (non-hydrogen) atoms. The first-order valence-corrected chi connectivity index (χ1v) is 9.01. The topological polar surface area (TPSA) is 73.0 Å². The zero-order valence-corrected chi connectivity index (χ0v) is 16.4. The Kier molecular flexibility index (Phi) is 6.34. The van der Waals surface area contributed by atoms with Crippen LogP contribution in [0.25, 0.3) is 0 Å². The molecule has 0 fully saturated rings. The molecule has 0 radical (unpaired) electrons. The van der Waals surface area contributed by atoms with E-state index < -0.39 is 17.9 Å². The molecule has 0 saturated carbocycles. The zero-order chi connectivity index (χ0) is 21.9. The Morgan fingerprint density at radius 2 is 1.97 bits per heavy atom. The van der Waals surface area contributed by atoms with Crippen molar-refractivity contribution in [1.29, 1.82) is 5.26 Å². The molecule has 6 nitrogen and oxygen atoms in total. The van der Waals surface area contributed by atoms with Crippen LogP contribution in [0.1, 0.15) is 12.0 Å². The lowest BCUT2D eigenvalue weighted by Crippen LogP contribution is -2.34. The Morgan fingerprint density at radius 3 is 2.63 bits per heavy atom. The summed E-state index contributed by atoms with van der Waals surface area (Å²) in [7, 11) is 0. The highest BCUT2D eigenvalue weighted by molar-refractivity contribution is 6.42. The number of ether oxygens (including phenoxy) is 1. The summed E-state index contributed by atoms with van der Waals surface area (Å²) in [5.41, 5.74) is 1.28. The van der Waals surface area contributed by atoms with Gasteiger partial charge in [0.05, 0.1) is 28.0 Å². The third-order valence-electron chi connectivity index (χ3n) is 3.84. The fraction of sp³-hybridized carbons (Fsp3) is 0.167. The standard InChI is InChI=1S/C18H11Cl2F4N5O/c19-12-3-1-10(7-13(12)20)15-5-6-29(28-15)17(26-9-25)27-11-2-4-14(21)16(8-11)30-18(22,23)24/h1-4,7-8H,5-6H2,(H,26,27). The van der Waals surface area contributed by atoms with E-state index >= 15 is 0 Å². The van der Waals surface area contributed by atoms with E-state index in [1.807, 2.05) is 0 Å². The summed E-state index contributed by atoms with van der Waals surface area (Å²) in [6.07, 6.45) is -2.90. The lowest BCUT2D eigenvalue weighted by molar-refractivity contribution is -0.275. The second kappa shape index (κ2) is 8.77. The molecular formula is C18H11Cl2F4N5O. The maximum atomic E-state index is 13.6. The average molecular weight is 460 g/mol. The molecule has 2 aromatic carbocycles. The van der Waals surface area contributed by atoms with Gasteiger partial charge in [0.2, 0.25) is 5.96 Å². The van der Waals surface area contributed by atoms with Crippen LogP contribution in [0.3, 0.4) is 0 Å². The van der Waals surface area contributed by atoms with Crippen LogP contribution in [0.4, 0.5) is 23.2 Å². The van der Waals surface area contributed by atoms with Crippen molar-refractivity contribution < 1.29 is 22.3 Å². The number of benzene rings is 2. The van der Waals surface area contributed by atoms with Crippen molar-refractivity contribution in [3.63, 3.8) is 0 Å². The number of aliphatic imine (C=N–C) groups is 1. The van der Waals surface area contributed by atoms with E-state index in [1.54, 1.807) is 24.4 Å². The number of guanidine groups is 1. The van der Waals surface area contributed by atoms with E-state index in [2.05, 4.69) is 20.1 Å². The molecule has 0 unspecified atom stereocenters. The number of nitriles is 1. The van der Waals surface area contributed by atoms with Crippen LogP contribution in [0.15, 0.2) is 46.5 Å². The molecule has 0 bridgehead atoms. The first-order valence-electron chi connectivity index (χ1n) is 8.26. The normalized spacial score (nSPS) is 14.4. The Hall–Kier alpha value is -3.03. The van der Waals surface area contributed by atoms with Gasteiger partial charge in [0.25, 0.3) is 0 Å². The van der Waals surface area contributed by atoms with Crippen molar-refractivity contribution >= 4 is 40.6 Å². The Labute approximate surface area is 178 Å². The number of rotatable bonds is 3. The molecule has 2 aromatic rings. The highest BCUT2D eigenvalue weighted by Gasteiger charge is 2.32. The van der Waals surface area contributed by atoms with Crippen LogP contribution in [0.2, 0.25) is 10.0 Å². The summed E-state index contributed by atoms with van der Waals surface area (Å²) in [6, 6.07) is 7.66. The van der Waals surface area contributed by atoms with E-state index in [0.29, 0.717) is 34.3 Å². The third kappa shape index (κ3) is 5.31. The lowest BCUT2D eigenvalue weighted by Gasteiger charge is -2.15. The second-order valence-corrected chi connectivity index (χ2v) is 6.70. The average Bonchev–Trinajstić information content (AvgIpc) is 3.15. The minimum absolute atomic E-state index is 0.0582. The Balaban J connectivity index is 1.90. The number of hydrazone groups is 1. The molecule has 0 saturated heterocycles.